The minimum atomic E-state index is -0.342. The lowest BCUT2D eigenvalue weighted by atomic mass is 9.96. The highest BCUT2D eigenvalue weighted by Gasteiger charge is 2.20. The Kier molecular flexibility index (Phi) is 3.65. The first-order valence-electron chi connectivity index (χ1n) is 7.44. The lowest BCUT2D eigenvalue weighted by Crippen LogP contribution is -2.31. The molecule has 3 nitrogen and oxygen atoms in total. The molecular weight excluding hydrogens is 260 g/mol. The smallest absolute Gasteiger partial charge is 0.249 e. The maximum Gasteiger partial charge on any atom is 0.249 e. The first-order chi connectivity index (χ1) is 10.2. The zero-order valence-corrected chi connectivity index (χ0v) is 12.3. The Balaban J connectivity index is 1.99. The molecule has 3 heteroatoms. The van der Waals surface area contributed by atoms with Crippen LogP contribution in [0.3, 0.4) is 0 Å². The highest BCUT2D eigenvalue weighted by molar-refractivity contribution is 5.96. The molecule has 0 aliphatic carbocycles. The van der Waals surface area contributed by atoms with Gasteiger partial charge in [0.1, 0.15) is 0 Å². The zero-order valence-electron chi connectivity index (χ0n) is 12.3. The molecule has 2 N–H and O–H groups in total. The average Bonchev–Trinajstić information content (AvgIpc) is 2.53. The van der Waals surface area contributed by atoms with Crippen molar-refractivity contribution in [3.8, 4) is 0 Å². The molecule has 0 atom stereocenters. The van der Waals surface area contributed by atoms with E-state index in [0.717, 1.165) is 37.2 Å². The quantitative estimate of drug-likeness (QED) is 0.939. The van der Waals surface area contributed by atoms with Gasteiger partial charge in [0.2, 0.25) is 5.91 Å². The summed E-state index contributed by atoms with van der Waals surface area (Å²) in [5.41, 5.74) is 11.2. The van der Waals surface area contributed by atoms with E-state index in [4.69, 9.17) is 5.73 Å². The van der Waals surface area contributed by atoms with E-state index in [2.05, 4.69) is 42.2 Å². The fourth-order valence-electron chi connectivity index (χ4n) is 3.17. The van der Waals surface area contributed by atoms with Crippen LogP contribution in [0.25, 0.3) is 0 Å². The Morgan fingerprint density at radius 1 is 1.14 bits per heavy atom. The molecule has 0 aromatic heterocycles. The average molecular weight is 280 g/mol. The number of carbonyl (C=O) groups excluding carboxylic acids is 1. The summed E-state index contributed by atoms with van der Waals surface area (Å²) in [7, 11) is 0. The Morgan fingerprint density at radius 3 is 2.62 bits per heavy atom. The first kappa shape index (κ1) is 13.7. The van der Waals surface area contributed by atoms with Crippen LogP contribution in [0.5, 0.6) is 0 Å². The topological polar surface area (TPSA) is 46.3 Å². The lowest BCUT2D eigenvalue weighted by Gasteiger charge is -2.32. The monoisotopic (exact) mass is 280 g/mol. The van der Waals surface area contributed by atoms with Gasteiger partial charge in [0.05, 0.1) is 0 Å². The number of rotatable bonds is 3. The van der Waals surface area contributed by atoms with Crippen molar-refractivity contribution in [1.82, 2.24) is 0 Å². The van der Waals surface area contributed by atoms with Crippen LogP contribution in [-0.2, 0) is 19.4 Å². The third-order valence-corrected chi connectivity index (χ3v) is 4.24. The Morgan fingerprint density at radius 2 is 1.90 bits per heavy atom. The summed E-state index contributed by atoms with van der Waals surface area (Å²) in [6, 6.07) is 14.4. The highest BCUT2D eigenvalue weighted by Crippen LogP contribution is 2.29. The second kappa shape index (κ2) is 5.60. The molecule has 0 spiro atoms. The minimum Gasteiger partial charge on any atom is -0.367 e. The summed E-state index contributed by atoms with van der Waals surface area (Å²) in [6.07, 6.45) is 1.85. The van der Waals surface area contributed by atoms with Gasteiger partial charge in [-0.05, 0) is 41.7 Å². The molecule has 3 rings (SSSR count). The molecule has 0 unspecified atom stereocenters. The van der Waals surface area contributed by atoms with Crippen molar-refractivity contribution in [1.29, 1.82) is 0 Å². The van der Waals surface area contributed by atoms with Crippen LogP contribution in [0.15, 0.2) is 42.5 Å². The Hall–Kier alpha value is -2.29. The number of hydrogen-bond acceptors (Lipinski definition) is 2. The van der Waals surface area contributed by atoms with Crippen LogP contribution in [0, 0.1) is 0 Å². The summed E-state index contributed by atoms with van der Waals surface area (Å²) in [5.74, 6) is -0.342. The number of anilines is 1. The van der Waals surface area contributed by atoms with Gasteiger partial charge in [0, 0.05) is 24.3 Å². The number of nitrogens with two attached hydrogens (primary N) is 1. The van der Waals surface area contributed by atoms with Crippen LogP contribution in [0.4, 0.5) is 5.69 Å². The number of fused-ring (bicyclic) bond motifs is 1. The van der Waals surface area contributed by atoms with Crippen LogP contribution >= 0.6 is 0 Å². The molecule has 0 saturated heterocycles. The maximum absolute atomic E-state index is 11.6. The number of carbonyl (C=O) groups is 1. The third kappa shape index (κ3) is 2.51. The van der Waals surface area contributed by atoms with E-state index in [1.165, 1.54) is 11.1 Å². The maximum atomic E-state index is 11.6. The van der Waals surface area contributed by atoms with Gasteiger partial charge in [-0.25, -0.2) is 0 Å². The molecule has 2 aromatic carbocycles. The van der Waals surface area contributed by atoms with Crippen LogP contribution in [0.2, 0.25) is 0 Å². The normalized spacial score (nSPS) is 13.9. The molecule has 1 aliphatic heterocycles. The fraction of sp³-hybridized carbons (Fsp3) is 0.278. The van der Waals surface area contributed by atoms with Crippen molar-refractivity contribution in [2.24, 2.45) is 5.73 Å². The van der Waals surface area contributed by atoms with E-state index in [1.54, 1.807) is 0 Å². The number of nitrogens with zero attached hydrogens (tertiary/aromatic N) is 1. The fourth-order valence-corrected chi connectivity index (χ4v) is 3.17. The molecule has 0 bridgehead atoms. The number of benzene rings is 2. The number of amides is 1. The molecule has 0 fully saturated rings. The standard InChI is InChI=1S/C18H20N2O/c1-2-15-16(18(19)21)8-5-9-17(15)20-11-10-13-6-3-4-7-14(13)12-20/h3-9H,2,10-12H2,1H3,(H2,19,21). The molecular formula is C18H20N2O. The van der Waals surface area contributed by atoms with Crippen LogP contribution in [-0.4, -0.2) is 12.5 Å². The number of hydrogen-bond donors (Lipinski definition) is 1. The van der Waals surface area contributed by atoms with Crippen molar-refractivity contribution in [3.63, 3.8) is 0 Å². The molecule has 0 saturated carbocycles. The molecule has 0 radical (unpaired) electrons. The van der Waals surface area contributed by atoms with Gasteiger partial charge in [0.15, 0.2) is 0 Å². The van der Waals surface area contributed by atoms with Crippen molar-refractivity contribution < 1.29 is 4.79 Å². The van der Waals surface area contributed by atoms with E-state index >= 15 is 0 Å². The van der Waals surface area contributed by atoms with Crippen LogP contribution < -0.4 is 10.6 Å². The summed E-state index contributed by atoms with van der Waals surface area (Å²) in [6.45, 7) is 3.95. The minimum absolute atomic E-state index is 0.342. The second-order valence-electron chi connectivity index (χ2n) is 5.46. The summed E-state index contributed by atoms with van der Waals surface area (Å²) in [4.78, 5) is 14.0. The molecule has 2 aromatic rings. The Bertz CT molecular complexity index is 679. The van der Waals surface area contributed by atoms with Crippen molar-refractivity contribution in [3.05, 3.63) is 64.7 Å². The molecule has 1 amide bonds. The molecule has 1 aliphatic rings. The predicted octanol–water partition coefficient (Wildman–Crippen LogP) is 2.91. The van der Waals surface area contributed by atoms with Crippen molar-refractivity contribution >= 4 is 11.6 Å². The van der Waals surface area contributed by atoms with Crippen molar-refractivity contribution in [2.75, 3.05) is 11.4 Å². The molecule has 108 valence electrons. The van der Waals surface area contributed by atoms with Gasteiger partial charge < -0.3 is 10.6 Å². The number of primary amides is 1. The summed E-state index contributed by atoms with van der Waals surface area (Å²) < 4.78 is 0. The van der Waals surface area contributed by atoms with E-state index in [9.17, 15) is 4.79 Å². The third-order valence-electron chi connectivity index (χ3n) is 4.24. The lowest BCUT2D eigenvalue weighted by molar-refractivity contribution is 0.0999. The second-order valence-corrected chi connectivity index (χ2v) is 5.46. The van der Waals surface area contributed by atoms with Gasteiger partial charge in [-0.2, -0.15) is 0 Å². The van der Waals surface area contributed by atoms with Gasteiger partial charge in [0.25, 0.3) is 0 Å². The highest BCUT2D eigenvalue weighted by atomic mass is 16.1. The van der Waals surface area contributed by atoms with E-state index in [1.807, 2.05) is 12.1 Å². The van der Waals surface area contributed by atoms with Gasteiger partial charge in [-0.15, -0.1) is 0 Å². The van der Waals surface area contributed by atoms with Gasteiger partial charge in [-0.3, -0.25) is 4.79 Å². The van der Waals surface area contributed by atoms with Gasteiger partial charge >= 0.3 is 0 Å². The molecule has 1 heterocycles. The molecule has 21 heavy (non-hydrogen) atoms. The van der Waals surface area contributed by atoms with E-state index in [0.29, 0.717) is 5.56 Å². The van der Waals surface area contributed by atoms with E-state index < -0.39 is 0 Å². The van der Waals surface area contributed by atoms with Gasteiger partial charge in [-0.1, -0.05) is 37.3 Å². The summed E-state index contributed by atoms with van der Waals surface area (Å²) >= 11 is 0. The largest absolute Gasteiger partial charge is 0.367 e. The SMILES string of the molecule is CCc1c(C(N)=O)cccc1N1CCc2ccccc2C1. The van der Waals surface area contributed by atoms with Crippen molar-refractivity contribution in [2.45, 2.75) is 26.3 Å². The first-order valence-corrected chi connectivity index (χ1v) is 7.44. The summed E-state index contributed by atoms with van der Waals surface area (Å²) in [5, 5.41) is 0. The predicted molar refractivity (Wildman–Crippen MR) is 85.5 cm³/mol. The van der Waals surface area contributed by atoms with Crippen LogP contribution in [0.1, 0.15) is 34.0 Å². The Labute approximate surface area is 125 Å². The van der Waals surface area contributed by atoms with E-state index in [-0.39, 0.29) is 5.91 Å². The zero-order chi connectivity index (χ0) is 14.8.